The Bertz CT molecular complexity index is 1440. The Morgan fingerprint density at radius 3 is 2.10 bits per heavy atom. The third-order valence-corrected chi connectivity index (χ3v) is 5.90. The van der Waals surface area contributed by atoms with Gasteiger partial charge in [-0.15, -0.1) is 0 Å². The van der Waals surface area contributed by atoms with E-state index >= 15 is 0 Å². The number of hydrogen-bond donors (Lipinski definition) is 0. The van der Waals surface area contributed by atoms with Crippen molar-refractivity contribution >= 4 is 46.4 Å². The summed E-state index contributed by atoms with van der Waals surface area (Å²) < 4.78 is 18.1. The van der Waals surface area contributed by atoms with E-state index in [1.54, 1.807) is 70.7 Å². The number of anilines is 2. The molecule has 0 saturated carbocycles. The highest BCUT2D eigenvalue weighted by atomic mass is 16.6. The average Bonchev–Trinajstić information content (AvgIpc) is 3.22. The lowest BCUT2D eigenvalue weighted by molar-refractivity contribution is -0.114. The molecule has 2 aromatic carbocycles. The minimum absolute atomic E-state index is 0.248. The number of carbonyl (C=O) groups is 3. The molecule has 0 spiro atoms. The highest BCUT2D eigenvalue weighted by Crippen LogP contribution is 2.37. The van der Waals surface area contributed by atoms with Gasteiger partial charge in [0.25, 0.3) is 5.91 Å². The van der Waals surface area contributed by atoms with E-state index in [1.807, 2.05) is 30.3 Å². The second kappa shape index (κ2) is 10.5. The summed E-state index contributed by atoms with van der Waals surface area (Å²) in [6.45, 7) is 11.3. The first-order chi connectivity index (χ1) is 18.3. The van der Waals surface area contributed by atoms with Gasteiger partial charge in [0.2, 0.25) is 0 Å². The molecule has 2 heterocycles. The molecule has 2 amide bonds. The summed E-state index contributed by atoms with van der Waals surface area (Å²) in [5.74, 6) is 0.237. The zero-order valence-electron chi connectivity index (χ0n) is 23.5. The summed E-state index contributed by atoms with van der Waals surface area (Å²) in [6, 6.07) is 14.5. The Labute approximate surface area is 228 Å². The van der Waals surface area contributed by atoms with Crippen LogP contribution in [0.4, 0.5) is 21.0 Å². The first-order valence-electron chi connectivity index (χ1n) is 12.8. The number of aromatic nitrogens is 1. The number of carbonyl (C=O) groups excluding carboxylic acids is 3. The predicted molar refractivity (Wildman–Crippen MR) is 152 cm³/mol. The van der Waals surface area contributed by atoms with Crippen LogP contribution in [0.5, 0.6) is 5.75 Å². The lowest BCUT2D eigenvalue weighted by Gasteiger charge is -2.37. The maximum atomic E-state index is 13.5. The molecule has 1 aliphatic rings. The van der Waals surface area contributed by atoms with Gasteiger partial charge in [-0.05, 0) is 71.9 Å². The number of benzene rings is 2. The van der Waals surface area contributed by atoms with Crippen molar-refractivity contribution in [2.24, 2.45) is 0 Å². The fourth-order valence-electron chi connectivity index (χ4n) is 4.31. The summed E-state index contributed by atoms with van der Waals surface area (Å²) in [5.41, 5.74) is 0.911. The van der Waals surface area contributed by atoms with Gasteiger partial charge in [0, 0.05) is 30.6 Å². The van der Waals surface area contributed by atoms with Crippen molar-refractivity contribution in [2.75, 3.05) is 30.0 Å². The molecule has 4 rings (SSSR count). The van der Waals surface area contributed by atoms with Crippen LogP contribution in [0.15, 0.2) is 54.6 Å². The van der Waals surface area contributed by atoms with Crippen LogP contribution in [0, 0.1) is 0 Å². The summed E-state index contributed by atoms with van der Waals surface area (Å²) >= 11 is 0. The highest BCUT2D eigenvalue weighted by Gasteiger charge is 2.32. The van der Waals surface area contributed by atoms with E-state index in [9.17, 15) is 14.4 Å². The lowest BCUT2D eigenvalue weighted by atomic mass is 10.1. The predicted octanol–water partition coefficient (Wildman–Crippen LogP) is 6.23. The number of nitrogens with zero attached hydrogens (tertiary/aromatic N) is 3. The lowest BCUT2D eigenvalue weighted by Crippen LogP contribution is -2.47. The SMILES string of the molecule is COc1ccc2c(c1)N(C(=O)C=Cc1cc3ccccc3n1C(=O)OC(C)(C)C)CCN2C(=O)OC(C)(C)C. The fraction of sp³-hybridized carbons (Fsp3) is 0.367. The second-order valence-corrected chi connectivity index (χ2v) is 11.3. The van der Waals surface area contributed by atoms with Gasteiger partial charge in [-0.25, -0.2) is 14.2 Å². The molecule has 0 atom stereocenters. The van der Waals surface area contributed by atoms with Crippen molar-refractivity contribution in [3.05, 3.63) is 60.3 Å². The standard InChI is InChI=1S/C30H35N3O6/c1-29(2,3)38-27(35)32-17-16-31(25-19-22(37-7)13-14-24(25)32)26(34)15-12-21-18-20-10-8-9-11-23(20)33(21)28(36)39-30(4,5)6/h8-15,18-19H,16-17H2,1-7H3. The molecule has 206 valence electrons. The maximum Gasteiger partial charge on any atom is 0.419 e. The number of hydrogen-bond acceptors (Lipinski definition) is 6. The highest BCUT2D eigenvalue weighted by molar-refractivity contribution is 6.09. The molecule has 0 unspecified atom stereocenters. The second-order valence-electron chi connectivity index (χ2n) is 11.3. The van der Waals surface area contributed by atoms with Crippen LogP contribution in [0.3, 0.4) is 0 Å². The molecule has 9 heteroatoms. The van der Waals surface area contributed by atoms with Crippen LogP contribution in [0.25, 0.3) is 17.0 Å². The van der Waals surface area contributed by atoms with Crippen molar-refractivity contribution in [3.63, 3.8) is 0 Å². The molecule has 0 aliphatic carbocycles. The van der Waals surface area contributed by atoms with E-state index < -0.39 is 23.4 Å². The number of methoxy groups -OCH3 is 1. The van der Waals surface area contributed by atoms with E-state index in [0.29, 0.717) is 28.3 Å². The van der Waals surface area contributed by atoms with Crippen molar-refractivity contribution in [1.29, 1.82) is 0 Å². The number of para-hydroxylation sites is 1. The Kier molecular flexibility index (Phi) is 7.46. The van der Waals surface area contributed by atoms with E-state index in [1.165, 1.54) is 22.7 Å². The average molecular weight is 534 g/mol. The first kappa shape index (κ1) is 27.8. The van der Waals surface area contributed by atoms with E-state index in [2.05, 4.69) is 0 Å². The molecule has 9 nitrogen and oxygen atoms in total. The third-order valence-electron chi connectivity index (χ3n) is 5.90. The molecule has 0 saturated heterocycles. The van der Waals surface area contributed by atoms with Gasteiger partial charge in [-0.2, -0.15) is 0 Å². The first-order valence-corrected chi connectivity index (χ1v) is 12.8. The summed E-state index contributed by atoms with van der Waals surface area (Å²) in [4.78, 5) is 42.6. The van der Waals surface area contributed by atoms with Crippen LogP contribution >= 0.6 is 0 Å². The van der Waals surface area contributed by atoms with Crippen molar-refractivity contribution in [1.82, 2.24) is 4.57 Å². The van der Waals surface area contributed by atoms with Crippen molar-refractivity contribution < 1.29 is 28.6 Å². The Morgan fingerprint density at radius 2 is 1.44 bits per heavy atom. The monoisotopic (exact) mass is 533 g/mol. The summed E-state index contributed by atoms with van der Waals surface area (Å²) in [5, 5.41) is 0.844. The van der Waals surface area contributed by atoms with Gasteiger partial charge in [0.05, 0.1) is 29.7 Å². The number of fused-ring (bicyclic) bond motifs is 2. The Hall–Kier alpha value is -4.27. The molecular weight excluding hydrogens is 498 g/mol. The maximum absolute atomic E-state index is 13.5. The Balaban J connectivity index is 1.67. The van der Waals surface area contributed by atoms with Gasteiger partial charge in [0.15, 0.2) is 0 Å². The smallest absolute Gasteiger partial charge is 0.419 e. The Morgan fingerprint density at radius 1 is 0.795 bits per heavy atom. The van der Waals surface area contributed by atoms with Gasteiger partial charge in [0.1, 0.15) is 17.0 Å². The summed E-state index contributed by atoms with van der Waals surface area (Å²) in [7, 11) is 1.54. The van der Waals surface area contributed by atoms with Gasteiger partial charge in [-0.3, -0.25) is 9.69 Å². The van der Waals surface area contributed by atoms with Crippen molar-refractivity contribution in [2.45, 2.75) is 52.7 Å². The molecule has 0 bridgehead atoms. The van der Waals surface area contributed by atoms with Crippen molar-refractivity contribution in [3.8, 4) is 5.75 Å². The van der Waals surface area contributed by atoms with E-state index in [4.69, 9.17) is 14.2 Å². The van der Waals surface area contributed by atoms with Crippen LogP contribution in [0.2, 0.25) is 0 Å². The number of rotatable bonds is 3. The van der Waals surface area contributed by atoms with Crippen LogP contribution in [-0.4, -0.2) is 54.1 Å². The molecule has 0 radical (unpaired) electrons. The van der Waals surface area contributed by atoms with Crippen LogP contribution in [0.1, 0.15) is 47.2 Å². The number of amides is 2. The topological polar surface area (TPSA) is 90.3 Å². The molecular formula is C30H35N3O6. The largest absolute Gasteiger partial charge is 0.497 e. The molecule has 1 aliphatic heterocycles. The fourth-order valence-corrected chi connectivity index (χ4v) is 4.31. The molecule has 3 aromatic rings. The number of ether oxygens (including phenoxy) is 3. The molecule has 1 aromatic heterocycles. The summed E-state index contributed by atoms with van der Waals surface area (Å²) in [6.07, 6.45) is 2.00. The normalized spacial score (nSPS) is 13.9. The third kappa shape index (κ3) is 6.25. The zero-order valence-corrected chi connectivity index (χ0v) is 23.5. The van der Waals surface area contributed by atoms with E-state index in [0.717, 1.165) is 5.39 Å². The molecule has 0 N–H and O–H groups in total. The van der Waals surface area contributed by atoms with Crippen LogP contribution < -0.4 is 14.5 Å². The minimum atomic E-state index is -0.685. The van der Waals surface area contributed by atoms with E-state index in [-0.39, 0.29) is 19.0 Å². The minimum Gasteiger partial charge on any atom is -0.497 e. The molecule has 0 fully saturated rings. The van der Waals surface area contributed by atoms with Gasteiger partial charge < -0.3 is 19.1 Å². The zero-order chi connectivity index (χ0) is 28.5. The quantitative estimate of drug-likeness (QED) is 0.371. The molecule has 39 heavy (non-hydrogen) atoms. The van der Waals surface area contributed by atoms with Gasteiger partial charge >= 0.3 is 12.2 Å². The van der Waals surface area contributed by atoms with Gasteiger partial charge in [-0.1, -0.05) is 18.2 Å². The van der Waals surface area contributed by atoms with Crippen LogP contribution in [-0.2, 0) is 14.3 Å².